The molecular formula is C28H32N6O4. The van der Waals surface area contributed by atoms with E-state index in [0.717, 1.165) is 24.8 Å². The summed E-state index contributed by atoms with van der Waals surface area (Å²) in [4.78, 5) is 40.2. The molecule has 2 fully saturated rings. The Hall–Kier alpha value is -4.18. The van der Waals surface area contributed by atoms with Crippen LogP contribution in [0, 0.1) is 6.92 Å². The number of likely N-dealkylation sites (N-methyl/N-ethyl adjacent to an activating group) is 1. The number of nitrogens with zero attached hydrogens (tertiary/aromatic N) is 3. The number of aryl methyl sites for hydroxylation is 1. The number of carbonyl (C=O) groups is 3. The molecule has 10 heteroatoms. The van der Waals surface area contributed by atoms with Gasteiger partial charge in [0.15, 0.2) is 12.4 Å². The first kappa shape index (κ1) is 25.5. The quantitative estimate of drug-likeness (QED) is 0.371. The number of hydrogen-bond donors (Lipinski definition) is 3. The summed E-state index contributed by atoms with van der Waals surface area (Å²) in [5.41, 5.74) is 8.98. The minimum atomic E-state index is -0.317. The van der Waals surface area contributed by atoms with Gasteiger partial charge in [-0.2, -0.15) is 5.10 Å². The second-order valence-electron chi connectivity index (χ2n) is 9.86. The Balaban J connectivity index is 1.30. The van der Waals surface area contributed by atoms with E-state index in [1.54, 1.807) is 41.3 Å². The zero-order chi connectivity index (χ0) is 26.8. The van der Waals surface area contributed by atoms with Crippen molar-refractivity contribution in [2.24, 2.45) is 0 Å². The Morgan fingerprint density at radius 3 is 2.63 bits per heavy atom. The minimum Gasteiger partial charge on any atom is -0.484 e. The summed E-state index contributed by atoms with van der Waals surface area (Å²) in [6.07, 6.45) is 4.34. The number of nitrogens with one attached hydrogen (secondary N) is 2. The molecule has 2 aromatic carbocycles. The molecule has 10 nitrogen and oxygen atoms in total. The summed E-state index contributed by atoms with van der Waals surface area (Å²) in [5.74, 6) is 0.0468. The molecule has 1 aliphatic heterocycles. The monoisotopic (exact) mass is 516 g/mol. The summed E-state index contributed by atoms with van der Waals surface area (Å²) in [5, 5.41) is 10.5. The number of aromatic nitrogens is 2. The number of hydrogen-bond acceptors (Lipinski definition) is 7. The summed E-state index contributed by atoms with van der Waals surface area (Å²) in [6, 6.07) is 12.6. The molecule has 1 aromatic heterocycles. The smallest absolute Gasteiger partial charge is 0.260 e. The number of amides is 2. The van der Waals surface area contributed by atoms with Crippen molar-refractivity contribution in [2.75, 3.05) is 32.5 Å². The van der Waals surface area contributed by atoms with Gasteiger partial charge in [-0.3, -0.25) is 14.4 Å². The fraction of sp³-hybridized carbons (Fsp3) is 0.357. The zero-order valence-electron chi connectivity index (χ0n) is 21.6. The normalized spacial score (nSPS) is 16.9. The van der Waals surface area contributed by atoms with Crippen LogP contribution in [0.5, 0.6) is 5.75 Å². The van der Waals surface area contributed by atoms with Crippen molar-refractivity contribution in [1.82, 2.24) is 25.3 Å². The molecule has 38 heavy (non-hydrogen) atoms. The highest BCUT2D eigenvalue weighted by Gasteiger charge is 2.26. The molecule has 198 valence electrons. The van der Waals surface area contributed by atoms with Crippen LogP contribution in [-0.2, 0) is 4.79 Å². The Morgan fingerprint density at radius 2 is 1.89 bits per heavy atom. The van der Waals surface area contributed by atoms with Gasteiger partial charge in [-0.15, -0.1) is 0 Å². The molecule has 1 saturated carbocycles. The van der Waals surface area contributed by atoms with Crippen LogP contribution < -0.4 is 21.1 Å². The van der Waals surface area contributed by atoms with Gasteiger partial charge < -0.3 is 26.0 Å². The number of rotatable bonds is 9. The maximum absolute atomic E-state index is 13.3. The van der Waals surface area contributed by atoms with Gasteiger partial charge in [0.2, 0.25) is 0 Å². The molecule has 0 spiro atoms. The van der Waals surface area contributed by atoms with E-state index in [0.29, 0.717) is 41.7 Å². The standard InChI is InChI=1S/C28H32N6O4/c1-17-6-7-19(28(37)32-20-8-9-20)13-24(17)34-27(29)23(14-31-34)26(36)18-4-3-5-22(12-18)38-16-25(35)33-11-10-21(15-33)30-2/h3-7,12-14,20-21,30H,8-11,15-16,29H2,1-2H3,(H,32,37). The molecule has 2 heterocycles. The Bertz CT molecular complexity index is 1380. The molecule has 3 aromatic rings. The molecule has 1 saturated heterocycles. The van der Waals surface area contributed by atoms with Gasteiger partial charge in [0.25, 0.3) is 11.8 Å². The summed E-state index contributed by atoms with van der Waals surface area (Å²) in [7, 11) is 1.89. The maximum atomic E-state index is 13.3. The van der Waals surface area contributed by atoms with Crippen molar-refractivity contribution in [3.05, 3.63) is 70.9 Å². The van der Waals surface area contributed by atoms with Gasteiger partial charge in [-0.05, 0) is 63.1 Å². The van der Waals surface area contributed by atoms with Crippen molar-refractivity contribution in [3.8, 4) is 11.4 Å². The highest BCUT2D eigenvalue weighted by Crippen LogP contribution is 2.25. The first-order valence-corrected chi connectivity index (χ1v) is 12.8. The molecule has 1 atom stereocenters. The van der Waals surface area contributed by atoms with Crippen molar-refractivity contribution in [2.45, 2.75) is 38.3 Å². The third-order valence-corrected chi connectivity index (χ3v) is 7.07. The molecule has 5 rings (SSSR count). The molecular weight excluding hydrogens is 484 g/mol. The van der Waals surface area contributed by atoms with Gasteiger partial charge >= 0.3 is 0 Å². The van der Waals surface area contributed by atoms with Crippen LogP contribution >= 0.6 is 0 Å². The Labute approximate surface area is 221 Å². The third kappa shape index (κ3) is 5.40. The van der Waals surface area contributed by atoms with Gasteiger partial charge in [0.05, 0.1) is 17.4 Å². The van der Waals surface area contributed by atoms with E-state index in [2.05, 4.69) is 15.7 Å². The molecule has 2 amide bonds. The Morgan fingerprint density at radius 1 is 1.08 bits per heavy atom. The minimum absolute atomic E-state index is 0.0894. The van der Waals surface area contributed by atoms with E-state index >= 15 is 0 Å². The lowest BCUT2D eigenvalue weighted by Gasteiger charge is -2.17. The van der Waals surface area contributed by atoms with E-state index in [9.17, 15) is 14.4 Å². The van der Waals surface area contributed by atoms with Gasteiger partial charge in [0.1, 0.15) is 11.6 Å². The summed E-state index contributed by atoms with van der Waals surface area (Å²) >= 11 is 0. The first-order chi connectivity index (χ1) is 18.3. The van der Waals surface area contributed by atoms with Crippen molar-refractivity contribution in [3.63, 3.8) is 0 Å². The molecule has 0 bridgehead atoms. The lowest BCUT2D eigenvalue weighted by atomic mass is 10.1. The van der Waals surface area contributed by atoms with E-state index in [1.165, 1.54) is 10.9 Å². The van der Waals surface area contributed by atoms with Crippen LogP contribution in [0.1, 0.15) is 51.1 Å². The lowest BCUT2D eigenvalue weighted by Crippen LogP contribution is -2.36. The van der Waals surface area contributed by atoms with Crippen molar-refractivity contribution >= 4 is 23.4 Å². The first-order valence-electron chi connectivity index (χ1n) is 12.8. The molecule has 2 aliphatic rings. The van der Waals surface area contributed by atoms with E-state index < -0.39 is 0 Å². The predicted molar refractivity (Wildman–Crippen MR) is 143 cm³/mol. The molecule has 1 aliphatic carbocycles. The lowest BCUT2D eigenvalue weighted by molar-refractivity contribution is -0.132. The van der Waals surface area contributed by atoms with Gasteiger partial charge in [0, 0.05) is 36.3 Å². The van der Waals surface area contributed by atoms with Crippen LogP contribution in [0.4, 0.5) is 5.82 Å². The maximum Gasteiger partial charge on any atom is 0.260 e. The summed E-state index contributed by atoms with van der Waals surface area (Å²) in [6.45, 7) is 3.15. The number of anilines is 1. The van der Waals surface area contributed by atoms with Gasteiger partial charge in [-0.1, -0.05) is 18.2 Å². The Kier molecular flexibility index (Phi) is 7.15. The SMILES string of the molecule is CNC1CCN(C(=O)COc2cccc(C(=O)c3cnn(-c4cc(C(=O)NC5CC5)ccc4C)c3N)c2)C1. The van der Waals surface area contributed by atoms with Crippen LogP contribution in [0.3, 0.4) is 0 Å². The van der Waals surface area contributed by atoms with E-state index in [-0.39, 0.29) is 41.6 Å². The van der Waals surface area contributed by atoms with Crippen LogP contribution in [-0.4, -0.2) is 71.1 Å². The molecule has 0 radical (unpaired) electrons. The van der Waals surface area contributed by atoms with Crippen LogP contribution in [0.2, 0.25) is 0 Å². The van der Waals surface area contributed by atoms with Crippen LogP contribution in [0.15, 0.2) is 48.7 Å². The van der Waals surface area contributed by atoms with E-state index in [4.69, 9.17) is 10.5 Å². The number of likely N-dealkylation sites (tertiary alicyclic amines) is 1. The zero-order valence-corrected chi connectivity index (χ0v) is 21.6. The second-order valence-corrected chi connectivity index (χ2v) is 9.86. The third-order valence-electron chi connectivity index (χ3n) is 7.07. The molecule has 1 unspecified atom stereocenters. The fourth-order valence-electron chi connectivity index (χ4n) is 4.54. The largest absolute Gasteiger partial charge is 0.484 e. The van der Waals surface area contributed by atoms with Gasteiger partial charge in [-0.25, -0.2) is 4.68 Å². The number of ketones is 1. The molecule has 4 N–H and O–H groups in total. The predicted octanol–water partition coefficient (Wildman–Crippen LogP) is 2.09. The fourth-order valence-corrected chi connectivity index (χ4v) is 4.54. The number of nitrogen functional groups attached to an aromatic ring is 1. The highest BCUT2D eigenvalue weighted by molar-refractivity contribution is 6.12. The topological polar surface area (TPSA) is 132 Å². The highest BCUT2D eigenvalue weighted by atomic mass is 16.5. The number of carbonyl (C=O) groups excluding carboxylic acids is 3. The summed E-state index contributed by atoms with van der Waals surface area (Å²) < 4.78 is 7.19. The van der Waals surface area contributed by atoms with Crippen LogP contribution in [0.25, 0.3) is 5.69 Å². The number of benzene rings is 2. The van der Waals surface area contributed by atoms with Crippen molar-refractivity contribution < 1.29 is 19.1 Å². The average molecular weight is 517 g/mol. The van der Waals surface area contributed by atoms with Crippen molar-refractivity contribution in [1.29, 1.82) is 0 Å². The van der Waals surface area contributed by atoms with E-state index in [1.807, 2.05) is 20.0 Å². The number of nitrogens with two attached hydrogens (primary N) is 1. The second kappa shape index (κ2) is 10.7. The number of ether oxygens (including phenoxy) is 1. The average Bonchev–Trinajstić information content (AvgIpc) is 3.46.